The van der Waals surface area contributed by atoms with Crippen LogP contribution < -0.4 is 18.9 Å². The van der Waals surface area contributed by atoms with Crippen molar-refractivity contribution in [3.8, 4) is 23.0 Å². The fraction of sp³-hybridized carbons (Fsp3) is 0.435. The third kappa shape index (κ3) is 3.26. The van der Waals surface area contributed by atoms with Gasteiger partial charge in [-0.1, -0.05) is 0 Å². The van der Waals surface area contributed by atoms with Gasteiger partial charge in [-0.05, 0) is 31.0 Å². The summed E-state index contributed by atoms with van der Waals surface area (Å²) in [5, 5.41) is 0. The van der Waals surface area contributed by atoms with Crippen molar-refractivity contribution in [2.45, 2.75) is 38.3 Å². The van der Waals surface area contributed by atoms with E-state index in [4.69, 9.17) is 18.9 Å². The normalized spacial score (nSPS) is 16.5. The number of carbonyl (C=O) groups is 1. The first-order chi connectivity index (χ1) is 14.2. The molecule has 3 aliphatic rings. The average molecular weight is 395 g/mol. The third-order valence-corrected chi connectivity index (χ3v) is 5.94. The van der Waals surface area contributed by atoms with Crippen LogP contribution in [0.3, 0.4) is 0 Å². The van der Waals surface area contributed by atoms with Crippen LogP contribution in [-0.4, -0.2) is 44.3 Å². The van der Waals surface area contributed by atoms with Crippen molar-refractivity contribution in [1.82, 2.24) is 4.90 Å². The highest BCUT2D eigenvalue weighted by molar-refractivity contribution is 5.95. The molecule has 0 saturated heterocycles. The van der Waals surface area contributed by atoms with Crippen LogP contribution in [0.2, 0.25) is 0 Å². The standard InChI is InChI=1S/C23H25NO5/c1-26-17-9-15(10-18(12-17)27-2)23(25)24(16-3-4-16)13-20-19-6-8-28-21(19)11-14-5-7-29-22(14)20/h9-12,16H,3-8,13H2,1-2H3. The number of ether oxygens (including phenoxy) is 4. The summed E-state index contributed by atoms with van der Waals surface area (Å²) in [6.07, 6.45) is 3.81. The molecule has 6 heteroatoms. The van der Waals surface area contributed by atoms with Gasteiger partial charge in [0.25, 0.3) is 5.91 Å². The van der Waals surface area contributed by atoms with Gasteiger partial charge in [-0.2, -0.15) is 0 Å². The number of fused-ring (bicyclic) bond motifs is 2. The Morgan fingerprint density at radius 1 is 1.03 bits per heavy atom. The Labute approximate surface area is 170 Å². The largest absolute Gasteiger partial charge is 0.497 e. The Bertz CT molecular complexity index is 912. The number of benzene rings is 2. The molecule has 2 aromatic rings. The second-order valence-corrected chi connectivity index (χ2v) is 7.78. The van der Waals surface area contributed by atoms with Gasteiger partial charge in [0.1, 0.15) is 23.0 Å². The van der Waals surface area contributed by atoms with Gasteiger partial charge in [0.05, 0.1) is 34.0 Å². The monoisotopic (exact) mass is 395 g/mol. The summed E-state index contributed by atoms with van der Waals surface area (Å²) in [7, 11) is 3.19. The molecule has 1 fully saturated rings. The van der Waals surface area contributed by atoms with E-state index in [0.29, 0.717) is 36.8 Å². The van der Waals surface area contributed by atoms with Crippen molar-refractivity contribution in [3.63, 3.8) is 0 Å². The first kappa shape index (κ1) is 18.2. The summed E-state index contributed by atoms with van der Waals surface area (Å²) in [6, 6.07) is 7.71. The smallest absolute Gasteiger partial charge is 0.254 e. The fourth-order valence-electron chi connectivity index (χ4n) is 4.27. The lowest BCUT2D eigenvalue weighted by Crippen LogP contribution is -2.33. The molecule has 0 radical (unpaired) electrons. The Kier molecular flexibility index (Phi) is 4.49. The lowest BCUT2D eigenvalue weighted by molar-refractivity contribution is 0.0727. The molecule has 5 rings (SSSR count). The van der Waals surface area contributed by atoms with Crippen LogP contribution in [0.25, 0.3) is 0 Å². The second kappa shape index (κ2) is 7.17. The van der Waals surface area contributed by atoms with Crippen LogP contribution in [0.4, 0.5) is 0 Å². The number of carbonyl (C=O) groups excluding carboxylic acids is 1. The lowest BCUT2D eigenvalue weighted by atomic mass is 9.98. The fourth-order valence-corrected chi connectivity index (χ4v) is 4.27. The van der Waals surface area contributed by atoms with Gasteiger partial charge in [0.15, 0.2) is 0 Å². The van der Waals surface area contributed by atoms with Gasteiger partial charge in [0.2, 0.25) is 0 Å². The number of methoxy groups -OCH3 is 2. The molecule has 0 atom stereocenters. The average Bonchev–Trinajstić information content (AvgIpc) is 3.29. The van der Waals surface area contributed by atoms with Gasteiger partial charge in [-0.15, -0.1) is 0 Å². The molecule has 0 bridgehead atoms. The van der Waals surface area contributed by atoms with E-state index in [1.807, 2.05) is 4.90 Å². The summed E-state index contributed by atoms with van der Waals surface area (Å²) >= 11 is 0. The molecule has 1 aliphatic carbocycles. The second-order valence-electron chi connectivity index (χ2n) is 7.78. The van der Waals surface area contributed by atoms with Crippen LogP contribution in [0.1, 0.15) is 39.9 Å². The Balaban J connectivity index is 1.51. The highest BCUT2D eigenvalue weighted by Gasteiger charge is 2.36. The van der Waals surface area contributed by atoms with E-state index in [0.717, 1.165) is 42.7 Å². The maximum absolute atomic E-state index is 13.5. The summed E-state index contributed by atoms with van der Waals surface area (Å²) in [4.78, 5) is 15.5. The molecular weight excluding hydrogens is 370 g/mol. The minimum atomic E-state index is -0.00651. The zero-order chi connectivity index (χ0) is 20.0. The van der Waals surface area contributed by atoms with Gasteiger partial charge in [-0.25, -0.2) is 0 Å². The van der Waals surface area contributed by atoms with E-state index >= 15 is 0 Å². The highest BCUT2D eigenvalue weighted by Crippen LogP contribution is 2.42. The molecule has 2 aromatic carbocycles. The van der Waals surface area contributed by atoms with Crippen LogP contribution in [0, 0.1) is 0 Å². The first-order valence-electron chi connectivity index (χ1n) is 10.1. The Hall–Kier alpha value is -2.89. The number of rotatable bonds is 6. The minimum Gasteiger partial charge on any atom is -0.497 e. The van der Waals surface area contributed by atoms with Crippen LogP contribution in [-0.2, 0) is 19.4 Å². The third-order valence-electron chi connectivity index (χ3n) is 5.94. The molecule has 2 heterocycles. The van der Waals surface area contributed by atoms with Crippen molar-refractivity contribution in [1.29, 1.82) is 0 Å². The Morgan fingerprint density at radius 3 is 2.45 bits per heavy atom. The van der Waals surface area contributed by atoms with Crippen molar-refractivity contribution in [3.05, 3.63) is 46.5 Å². The summed E-state index contributed by atoms with van der Waals surface area (Å²) in [5.41, 5.74) is 4.07. The molecule has 1 saturated carbocycles. The quantitative estimate of drug-likeness (QED) is 0.751. The van der Waals surface area contributed by atoms with Crippen LogP contribution in [0.15, 0.2) is 24.3 Å². The summed E-state index contributed by atoms with van der Waals surface area (Å²) in [6.45, 7) is 1.92. The number of nitrogens with zero attached hydrogens (tertiary/aromatic N) is 1. The topological polar surface area (TPSA) is 57.2 Å². The highest BCUT2D eigenvalue weighted by atomic mass is 16.5. The SMILES string of the molecule is COc1cc(OC)cc(C(=O)N(Cc2c3c(cc4c2OCC4)OCC3)C2CC2)c1. The molecule has 0 unspecified atom stereocenters. The Morgan fingerprint density at radius 2 is 1.76 bits per heavy atom. The van der Waals surface area contributed by atoms with Crippen molar-refractivity contribution >= 4 is 5.91 Å². The molecule has 152 valence electrons. The molecule has 0 aromatic heterocycles. The molecule has 29 heavy (non-hydrogen) atoms. The molecule has 0 spiro atoms. The van der Waals surface area contributed by atoms with Gasteiger partial charge in [-0.3, -0.25) is 4.79 Å². The van der Waals surface area contributed by atoms with E-state index in [2.05, 4.69) is 6.07 Å². The van der Waals surface area contributed by atoms with Gasteiger partial charge < -0.3 is 23.8 Å². The maximum atomic E-state index is 13.5. The van der Waals surface area contributed by atoms with Gasteiger partial charge >= 0.3 is 0 Å². The molecule has 2 aliphatic heterocycles. The number of hydrogen-bond acceptors (Lipinski definition) is 5. The summed E-state index contributed by atoms with van der Waals surface area (Å²) in [5.74, 6) is 3.13. The molecular formula is C23H25NO5. The van der Waals surface area contributed by atoms with E-state index in [-0.39, 0.29) is 11.9 Å². The summed E-state index contributed by atoms with van der Waals surface area (Å²) < 4.78 is 22.5. The molecule has 0 N–H and O–H groups in total. The van der Waals surface area contributed by atoms with E-state index in [1.165, 1.54) is 11.1 Å². The molecule has 6 nitrogen and oxygen atoms in total. The minimum absolute atomic E-state index is 0.00651. The van der Waals surface area contributed by atoms with Crippen molar-refractivity contribution < 1.29 is 23.7 Å². The van der Waals surface area contributed by atoms with E-state index in [1.54, 1.807) is 32.4 Å². The lowest BCUT2D eigenvalue weighted by Gasteiger charge is -2.25. The van der Waals surface area contributed by atoms with Gasteiger partial charge in [0, 0.05) is 47.2 Å². The maximum Gasteiger partial charge on any atom is 0.254 e. The van der Waals surface area contributed by atoms with E-state index < -0.39 is 0 Å². The predicted octanol–water partition coefficient (Wildman–Crippen LogP) is 3.38. The number of amides is 1. The van der Waals surface area contributed by atoms with Crippen LogP contribution in [0.5, 0.6) is 23.0 Å². The first-order valence-corrected chi connectivity index (χ1v) is 10.1. The zero-order valence-corrected chi connectivity index (χ0v) is 16.8. The zero-order valence-electron chi connectivity index (χ0n) is 16.8. The molecule has 1 amide bonds. The predicted molar refractivity (Wildman–Crippen MR) is 107 cm³/mol. The number of hydrogen-bond donors (Lipinski definition) is 0. The van der Waals surface area contributed by atoms with Crippen LogP contribution >= 0.6 is 0 Å². The van der Waals surface area contributed by atoms with Crippen molar-refractivity contribution in [2.75, 3.05) is 27.4 Å². The van der Waals surface area contributed by atoms with Crippen molar-refractivity contribution in [2.24, 2.45) is 0 Å². The van der Waals surface area contributed by atoms with E-state index in [9.17, 15) is 4.79 Å².